The van der Waals surface area contributed by atoms with Gasteiger partial charge in [0.05, 0.1) is 29.0 Å². The molecule has 9 heteroatoms. The molecule has 0 aliphatic carbocycles. The molecule has 0 spiro atoms. The quantitative estimate of drug-likeness (QED) is 0.376. The van der Waals surface area contributed by atoms with Gasteiger partial charge < -0.3 is 14.2 Å². The van der Waals surface area contributed by atoms with Crippen molar-refractivity contribution in [3.05, 3.63) is 63.4 Å². The molecule has 0 N–H and O–H groups in total. The Balaban J connectivity index is 1.79. The van der Waals surface area contributed by atoms with Crippen molar-refractivity contribution in [3.63, 3.8) is 0 Å². The van der Waals surface area contributed by atoms with Crippen molar-refractivity contribution in [2.24, 2.45) is 0 Å². The van der Waals surface area contributed by atoms with Crippen molar-refractivity contribution in [3.8, 4) is 11.4 Å². The first-order valence-electron chi connectivity index (χ1n) is 9.11. The predicted octanol–water partition coefficient (Wildman–Crippen LogP) is 2.12. The molecule has 0 saturated heterocycles. The Morgan fingerprint density at radius 2 is 2.10 bits per heavy atom. The van der Waals surface area contributed by atoms with Crippen LogP contribution in [0.3, 0.4) is 0 Å². The summed E-state index contributed by atoms with van der Waals surface area (Å²) in [7, 11) is -3.35. The van der Waals surface area contributed by atoms with E-state index in [1.807, 2.05) is 30.3 Å². The zero-order valence-electron chi connectivity index (χ0n) is 15.4. The lowest BCUT2D eigenvalue weighted by molar-refractivity contribution is -0.207. The highest BCUT2D eigenvalue weighted by molar-refractivity contribution is 7.30. The van der Waals surface area contributed by atoms with Gasteiger partial charge in [0.15, 0.2) is 0 Å². The van der Waals surface area contributed by atoms with Crippen LogP contribution in [0.25, 0.3) is 22.3 Å². The molecule has 0 fully saturated rings. The molecule has 3 aromatic rings. The number of benzene rings is 1. The van der Waals surface area contributed by atoms with Crippen LogP contribution >= 0.6 is 8.25 Å². The first-order chi connectivity index (χ1) is 13.9. The number of esters is 1. The molecular weight excluding hydrogens is 395 g/mol. The Morgan fingerprint density at radius 3 is 2.86 bits per heavy atom. The van der Waals surface area contributed by atoms with E-state index in [4.69, 9.17) is 14.2 Å². The van der Waals surface area contributed by atoms with Crippen LogP contribution in [0, 0.1) is 0 Å². The van der Waals surface area contributed by atoms with Crippen molar-refractivity contribution in [1.29, 1.82) is 0 Å². The molecule has 0 radical (unpaired) electrons. The molecule has 5 rings (SSSR count). The highest BCUT2D eigenvalue weighted by atomic mass is 31.1. The minimum Gasteiger partial charge on any atom is -0.566 e. The second-order valence-corrected chi connectivity index (χ2v) is 7.70. The molecule has 2 aliphatic rings. The Bertz CT molecular complexity index is 1280. The van der Waals surface area contributed by atoms with Gasteiger partial charge in [-0.15, -0.1) is 4.52 Å². The minimum atomic E-state index is -3.35. The molecule has 4 heterocycles. The molecule has 2 aromatic heterocycles. The van der Waals surface area contributed by atoms with Crippen LogP contribution in [0.1, 0.15) is 30.0 Å². The van der Waals surface area contributed by atoms with Crippen LogP contribution in [-0.2, 0) is 37.4 Å². The maximum atomic E-state index is 13.2. The summed E-state index contributed by atoms with van der Waals surface area (Å²) in [4.78, 5) is 41.8. The second kappa shape index (κ2) is 6.29. The third-order valence-corrected chi connectivity index (χ3v) is 6.08. The summed E-state index contributed by atoms with van der Waals surface area (Å²) in [5, 5.41) is 0.963. The number of para-hydroxylation sites is 1. The van der Waals surface area contributed by atoms with Crippen LogP contribution in [0.5, 0.6) is 0 Å². The van der Waals surface area contributed by atoms with Gasteiger partial charge in [-0.2, -0.15) is 0 Å². The summed E-state index contributed by atoms with van der Waals surface area (Å²) in [6.07, 6.45) is 0.00302. The van der Waals surface area contributed by atoms with Gasteiger partial charge in [-0.25, -0.2) is 9.78 Å². The number of hydrogen-bond acceptors (Lipinski definition) is 7. The van der Waals surface area contributed by atoms with E-state index in [-0.39, 0.29) is 29.7 Å². The monoisotopic (exact) mass is 410 g/mol. The Hall–Kier alpha value is -2.93. The first kappa shape index (κ1) is 18.1. The van der Waals surface area contributed by atoms with E-state index in [1.54, 1.807) is 17.6 Å². The number of hydrogen-bond donors (Lipinski definition) is 0. The smallest absolute Gasteiger partial charge is 0.490 e. The van der Waals surface area contributed by atoms with E-state index in [0.717, 1.165) is 16.5 Å². The topological polar surface area (TPSA) is 111 Å². The van der Waals surface area contributed by atoms with Crippen molar-refractivity contribution >= 4 is 25.1 Å². The molecule has 2 aliphatic heterocycles. The van der Waals surface area contributed by atoms with E-state index >= 15 is 0 Å². The van der Waals surface area contributed by atoms with Gasteiger partial charge in [0.1, 0.15) is 6.61 Å². The van der Waals surface area contributed by atoms with Gasteiger partial charge in [-0.1, -0.05) is 25.1 Å². The SMILES string of the molecule is CC[C@@]1(O[P+](=O)[O-])C(=O)OCc2c1cc1n(c2=O)Cc2cc3ccccc3nc2-1. The van der Waals surface area contributed by atoms with Crippen LogP contribution in [0.2, 0.25) is 0 Å². The number of aromatic nitrogens is 2. The fourth-order valence-corrected chi connectivity index (χ4v) is 4.75. The number of fused-ring (bicyclic) bond motifs is 5. The zero-order chi connectivity index (χ0) is 20.3. The van der Waals surface area contributed by atoms with Crippen LogP contribution in [0.15, 0.2) is 41.2 Å². The Morgan fingerprint density at radius 1 is 1.31 bits per heavy atom. The van der Waals surface area contributed by atoms with Crippen LogP contribution in [-0.4, -0.2) is 15.5 Å². The van der Waals surface area contributed by atoms with Gasteiger partial charge in [-0.05, 0) is 29.2 Å². The van der Waals surface area contributed by atoms with Gasteiger partial charge in [0, 0.05) is 16.5 Å². The fourth-order valence-electron chi connectivity index (χ4n) is 4.19. The highest BCUT2D eigenvalue weighted by Gasteiger charge is 2.52. The molecule has 29 heavy (non-hydrogen) atoms. The molecular formula is C20H15N2O6P. The number of ether oxygens (including phenoxy) is 1. The lowest BCUT2D eigenvalue weighted by Crippen LogP contribution is -2.45. The fraction of sp³-hybridized carbons (Fsp3) is 0.250. The Labute approximate surface area is 165 Å². The summed E-state index contributed by atoms with van der Waals surface area (Å²) >= 11 is 0. The van der Waals surface area contributed by atoms with E-state index < -0.39 is 19.8 Å². The van der Waals surface area contributed by atoms with Gasteiger partial charge in [0.25, 0.3) is 5.56 Å². The summed E-state index contributed by atoms with van der Waals surface area (Å²) in [5.74, 6) is -0.819. The van der Waals surface area contributed by atoms with Gasteiger partial charge in [-0.3, -0.25) is 4.79 Å². The average Bonchev–Trinajstić information content (AvgIpc) is 3.06. The standard InChI is InChI=1S/C20H15N2O6P/c1-2-20(28-29(25)26)14-8-16-17-12(7-11-5-3-4-6-15(11)21-17)9-22(16)18(23)13(14)10-27-19(20)24/h3-8H,2,9-10H2,1H3/t20-/m0/s1. The predicted molar refractivity (Wildman–Crippen MR) is 101 cm³/mol. The summed E-state index contributed by atoms with van der Waals surface area (Å²) in [6.45, 7) is 1.73. The molecule has 0 bridgehead atoms. The maximum absolute atomic E-state index is 13.2. The number of cyclic esters (lactones) is 1. The third-order valence-electron chi connectivity index (χ3n) is 5.61. The number of pyridine rings is 2. The average molecular weight is 410 g/mol. The second-order valence-electron chi connectivity index (χ2n) is 7.07. The van der Waals surface area contributed by atoms with E-state index in [9.17, 15) is 19.0 Å². The van der Waals surface area contributed by atoms with Crippen molar-refractivity contribution in [2.45, 2.75) is 32.1 Å². The third kappa shape index (κ3) is 2.50. The van der Waals surface area contributed by atoms with Crippen molar-refractivity contribution < 1.29 is 23.5 Å². The Kier molecular flexibility index (Phi) is 3.93. The molecule has 1 aromatic carbocycles. The van der Waals surface area contributed by atoms with E-state index in [2.05, 4.69) is 0 Å². The normalized spacial score (nSPS) is 20.1. The minimum absolute atomic E-state index is 0.00302. The van der Waals surface area contributed by atoms with E-state index in [1.165, 1.54) is 0 Å². The first-order valence-corrected chi connectivity index (χ1v) is 10.2. The maximum Gasteiger partial charge on any atom is 0.490 e. The zero-order valence-corrected chi connectivity index (χ0v) is 16.3. The van der Waals surface area contributed by atoms with E-state index in [0.29, 0.717) is 17.9 Å². The molecule has 8 nitrogen and oxygen atoms in total. The summed E-state index contributed by atoms with van der Waals surface area (Å²) in [6, 6.07) is 11.3. The van der Waals surface area contributed by atoms with Crippen molar-refractivity contribution in [1.82, 2.24) is 9.55 Å². The lowest BCUT2D eigenvalue weighted by Gasteiger charge is -2.31. The van der Waals surface area contributed by atoms with Gasteiger partial charge in [0.2, 0.25) is 5.60 Å². The number of carbonyl (C=O) groups excluding carboxylic acids is 1. The molecule has 1 unspecified atom stereocenters. The number of nitrogens with zero attached hydrogens (tertiary/aromatic N) is 2. The lowest BCUT2D eigenvalue weighted by atomic mass is 9.86. The summed E-state index contributed by atoms with van der Waals surface area (Å²) in [5.41, 5.74) is 1.09. The molecule has 2 atom stereocenters. The number of rotatable bonds is 3. The molecule has 0 amide bonds. The molecule has 146 valence electrons. The largest absolute Gasteiger partial charge is 0.566 e. The van der Waals surface area contributed by atoms with Gasteiger partial charge >= 0.3 is 14.2 Å². The number of carbonyl (C=O) groups is 1. The molecule has 0 saturated carbocycles. The van der Waals surface area contributed by atoms with Crippen LogP contribution < -0.4 is 10.5 Å². The van der Waals surface area contributed by atoms with Crippen LogP contribution in [0.4, 0.5) is 0 Å². The highest BCUT2D eigenvalue weighted by Crippen LogP contribution is 2.43. The summed E-state index contributed by atoms with van der Waals surface area (Å²) < 4.78 is 23.1. The van der Waals surface area contributed by atoms with Crippen molar-refractivity contribution in [2.75, 3.05) is 0 Å².